The number of rotatable bonds is 42. The third-order valence-corrected chi connectivity index (χ3v) is 9.46. The molecular weight excluding hydrogens is 741 g/mol. The molecule has 0 heterocycles. The summed E-state index contributed by atoms with van der Waals surface area (Å²) in [6.07, 6.45) is 69.2. The fourth-order valence-corrected chi connectivity index (χ4v) is 5.93. The van der Waals surface area contributed by atoms with Gasteiger partial charge in [-0.15, -0.1) is 0 Å². The van der Waals surface area contributed by atoms with Crippen molar-refractivity contribution in [2.75, 3.05) is 19.8 Å². The number of carbonyl (C=O) groups is 2. The molecule has 0 amide bonds. The van der Waals surface area contributed by atoms with E-state index in [9.17, 15) is 9.59 Å². The molecule has 0 saturated carbocycles. The minimum absolute atomic E-state index is 0.0316. The average Bonchev–Trinajstić information content (AvgIpc) is 3.25. The largest absolute Gasteiger partial charge is 0.462 e. The van der Waals surface area contributed by atoms with Crippen LogP contribution >= 0.6 is 0 Å². The summed E-state index contributed by atoms with van der Waals surface area (Å²) in [7, 11) is 0. The van der Waals surface area contributed by atoms with Crippen LogP contribution in [0.4, 0.5) is 0 Å². The van der Waals surface area contributed by atoms with Crippen molar-refractivity contribution in [3.8, 4) is 0 Å². The monoisotopic (exact) mass is 829 g/mol. The van der Waals surface area contributed by atoms with Crippen LogP contribution in [0.3, 0.4) is 0 Å². The van der Waals surface area contributed by atoms with Crippen LogP contribution in [0.25, 0.3) is 0 Å². The zero-order valence-corrected chi connectivity index (χ0v) is 38.7. The van der Waals surface area contributed by atoms with E-state index in [2.05, 4.69) is 142 Å². The molecule has 0 aromatic carbocycles. The Labute approximate surface area is 369 Å². The van der Waals surface area contributed by atoms with Gasteiger partial charge in [0.05, 0.1) is 6.61 Å². The Morgan fingerprint density at radius 1 is 0.383 bits per heavy atom. The van der Waals surface area contributed by atoms with E-state index in [1.54, 1.807) is 0 Å². The van der Waals surface area contributed by atoms with Crippen molar-refractivity contribution in [1.29, 1.82) is 0 Å². The van der Waals surface area contributed by atoms with E-state index in [0.29, 0.717) is 19.4 Å². The summed E-state index contributed by atoms with van der Waals surface area (Å²) in [4.78, 5) is 25.3. The van der Waals surface area contributed by atoms with Crippen LogP contribution < -0.4 is 0 Å². The van der Waals surface area contributed by atoms with E-state index in [1.165, 1.54) is 32.1 Å². The average molecular weight is 829 g/mol. The number of hydrogen-bond acceptors (Lipinski definition) is 5. The first kappa shape index (κ1) is 56.3. The highest BCUT2D eigenvalue weighted by Crippen LogP contribution is 2.11. The number of carbonyl (C=O) groups excluding carboxylic acids is 2. The predicted octanol–water partition coefficient (Wildman–Crippen LogP) is 16.2. The number of unbranched alkanes of at least 4 members (excludes halogenated alkanes) is 11. The second-order valence-corrected chi connectivity index (χ2v) is 15.2. The van der Waals surface area contributed by atoms with Crippen molar-refractivity contribution < 1.29 is 23.8 Å². The maximum Gasteiger partial charge on any atom is 0.306 e. The van der Waals surface area contributed by atoms with Gasteiger partial charge >= 0.3 is 11.9 Å². The summed E-state index contributed by atoms with van der Waals surface area (Å²) in [5.74, 6) is -0.505. The van der Waals surface area contributed by atoms with Gasteiger partial charge in [0.1, 0.15) is 6.61 Å². The highest BCUT2D eigenvalue weighted by Gasteiger charge is 2.17. The fourth-order valence-electron chi connectivity index (χ4n) is 5.93. The van der Waals surface area contributed by atoms with Crippen LogP contribution in [0, 0.1) is 0 Å². The van der Waals surface area contributed by atoms with Crippen molar-refractivity contribution in [3.63, 3.8) is 0 Å². The zero-order chi connectivity index (χ0) is 43.5. The van der Waals surface area contributed by atoms with E-state index < -0.39 is 6.10 Å². The van der Waals surface area contributed by atoms with Gasteiger partial charge in [-0.3, -0.25) is 9.59 Å². The summed E-state index contributed by atoms with van der Waals surface area (Å²) in [6.45, 7) is 7.39. The van der Waals surface area contributed by atoms with Gasteiger partial charge in [-0.25, -0.2) is 0 Å². The van der Waals surface area contributed by atoms with E-state index in [-0.39, 0.29) is 25.2 Å². The van der Waals surface area contributed by atoms with Crippen LogP contribution in [0.2, 0.25) is 0 Å². The molecule has 0 aliphatic rings. The third-order valence-electron chi connectivity index (χ3n) is 9.46. The molecule has 1 unspecified atom stereocenters. The lowest BCUT2D eigenvalue weighted by Crippen LogP contribution is -2.30. The standard InChI is InChI=1S/C55H88O5/c1-4-7-10-13-16-19-22-24-26-28-29-31-34-36-39-42-45-48-54(56)59-52-53(60-55(57)49-46-43-40-37-33-21-18-15-12-9-6-3)51-58-50-47-44-41-38-35-32-30-27-25-23-20-17-14-11-8-5-2/h7-8,10-11,15-20,24-27,29,31-32,35-36,39,53H,4-6,9,12-14,21-23,28,30,33-34,37-38,40-52H2,1-3H3/b10-7-,11-8-,18-15-,19-16-,20-17-,26-24-,27-25-,31-29-,35-32-,39-36-. The summed E-state index contributed by atoms with van der Waals surface area (Å²) in [6, 6.07) is 0. The lowest BCUT2D eigenvalue weighted by Gasteiger charge is -2.18. The second-order valence-electron chi connectivity index (χ2n) is 15.2. The van der Waals surface area contributed by atoms with Crippen LogP contribution in [-0.2, 0) is 23.8 Å². The minimum Gasteiger partial charge on any atom is -0.462 e. The quantitative estimate of drug-likeness (QED) is 0.0348. The predicted molar refractivity (Wildman–Crippen MR) is 260 cm³/mol. The molecule has 0 aromatic heterocycles. The summed E-state index contributed by atoms with van der Waals surface area (Å²) in [5.41, 5.74) is 0. The smallest absolute Gasteiger partial charge is 0.306 e. The maximum absolute atomic E-state index is 12.7. The third kappa shape index (κ3) is 47.0. The molecule has 0 aromatic rings. The van der Waals surface area contributed by atoms with Crippen molar-refractivity contribution >= 4 is 11.9 Å². The van der Waals surface area contributed by atoms with E-state index in [1.807, 2.05) is 0 Å². The molecular formula is C55H88O5. The lowest BCUT2D eigenvalue weighted by atomic mass is 10.1. The Balaban J connectivity index is 4.44. The van der Waals surface area contributed by atoms with E-state index >= 15 is 0 Å². The molecule has 5 heteroatoms. The van der Waals surface area contributed by atoms with Crippen LogP contribution in [0.1, 0.15) is 188 Å². The topological polar surface area (TPSA) is 61.8 Å². The Morgan fingerprint density at radius 3 is 1.27 bits per heavy atom. The Kier molecular flexibility index (Phi) is 46.6. The molecule has 0 bridgehead atoms. The molecule has 1 atom stereocenters. The van der Waals surface area contributed by atoms with Gasteiger partial charge in [0.15, 0.2) is 6.10 Å². The van der Waals surface area contributed by atoms with Gasteiger partial charge in [0.2, 0.25) is 0 Å². The van der Waals surface area contributed by atoms with Crippen LogP contribution in [-0.4, -0.2) is 37.9 Å². The van der Waals surface area contributed by atoms with Crippen molar-refractivity contribution in [1.82, 2.24) is 0 Å². The number of esters is 2. The minimum atomic E-state index is -0.587. The molecule has 60 heavy (non-hydrogen) atoms. The van der Waals surface area contributed by atoms with Gasteiger partial charge in [-0.2, -0.15) is 0 Å². The normalized spacial score (nSPS) is 13.3. The fraction of sp³-hybridized carbons (Fsp3) is 0.600. The molecule has 0 aliphatic heterocycles. The number of allylic oxidation sites excluding steroid dienone is 20. The van der Waals surface area contributed by atoms with E-state index in [0.717, 1.165) is 122 Å². The Morgan fingerprint density at radius 2 is 0.767 bits per heavy atom. The lowest BCUT2D eigenvalue weighted by molar-refractivity contribution is -0.163. The van der Waals surface area contributed by atoms with Gasteiger partial charge < -0.3 is 14.2 Å². The van der Waals surface area contributed by atoms with Gasteiger partial charge in [0.25, 0.3) is 0 Å². The second kappa shape index (κ2) is 49.7. The first-order valence-corrected chi connectivity index (χ1v) is 24.1. The molecule has 0 radical (unpaired) electrons. The molecule has 0 N–H and O–H groups in total. The van der Waals surface area contributed by atoms with Crippen molar-refractivity contribution in [3.05, 3.63) is 122 Å². The zero-order valence-electron chi connectivity index (χ0n) is 38.7. The molecule has 0 spiro atoms. The summed E-state index contributed by atoms with van der Waals surface area (Å²) in [5, 5.41) is 0. The molecule has 0 fully saturated rings. The SMILES string of the molecule is CC/C=C\C/C=C\C/C=C\C/C=C\C/C=C\CCCC(=O)OCC(COCCCCC/C=C\C/C=C\C/C=C\C/C=C\CC)OC(=O)CCCCCCC/C=C\CCCC. The summed E-state index contributed by atoms with van der Waals surface area (Å²) < 4.78 is 17.3. The summed E-state index contributed by atoms with van der Waals surface area (Å²) >= 11 is 0. The van der Waals surface area contributed by atoms with Crippen molar-refractivity contribution in [2.24, 2.45) is 0 Å². The molecule has 0 saturated heterocycles. The molecule has 0 rings (SSSR count). The first-order valence-electron chi connectivity index (χ1n) is 24.1. The number of hydrogen-bond donors (Lipinski definition) is 0. The van der Waals surface area contributed by atoms with Crippen molar-refractivity contribution in [2.45, 2.75) is 194 Å². The van der Waals surface area contributed by atoms with Crippen LogP contribution in [0.15, 0.2) is 122 Å². The molecule has 5 nitrogen and oxygen atoms in total. The Hall–Kier alpha value is -3.70. The van der Waals surface area contributed by atoms with Gasteiger partial charge in [0, 0.05) is 19.4 Å². The van der Waals surface area contributed by atoms with Gasteiger partial charge in [-0.1, -0.05) is 181 Å². The van der Waals surface area contributed by atoms with E-state index in [4.69, 9.17) is 14.2 Å². The first-order chi connectivity index (χ1) is 29.6. The molecule has 0 aliphatic carbocycles. The highest BCUT2D eigenvalue weighted by atomic mass is 16.6. The maximum atomic E-state index is 12.7. The number of ether oxygens (including phenoxy) is 3. The molecule has 338 valence electrons. The Bertz CT molecular complexity index is 1260. The van der Waals surface area contributed by atoms with Gasteiger partial charge in [-0.05, 0) is 116 Å². The highest BCUT2D eigenvalue weighted by molar-refractivity contribution is 5.70. The van der Waals surface area contributed by atoms with Crippen LogP contribution in [0.5, 0.6) is 0 Å².